The number of aryl methyl sites for hydroxylation is 1. The zero-order chi connectivity index (χ0) is 16.1. The maximum atomic E-state index is 12.0. The zero-order valence-corrected chi connectivity index (χ0v) is 13.9. The molecule has 0 aromatic heterocycles. The highest BCUT2D eigenvalue weighted by Gasteiger charge is 2.31. The van der Waals surface area contributed by atoms with Crippen LogP contribution in [0.15, 0.2) is 29.3 Å². The van der Waals surface area contributed by atoms with E-state index >= 15 is 0 Å². The Balaban J connectivity index is 1.87. The number of aliphatic imine (C=N–C) groups is 1. The molecular formula is C16H21N3O2S. The maximum absolute atomic E-state index is 12.0. The third-order valence-electron chi connectivity index (χ3n) is 3.08. The van der Waals surface area contributed by atoms with Gasteiger partial charge >= 0.3 is 0 Å². The van der Waals surface area contributed by atoms with Gasteiger partial charge in [-0.15, -0.1) is 0 Å². The fourth-order valence-electron chi connectivity index (χ4n) is 1.90. The fraction of sp³-hybridized carbons (Fsp3) is 0.438. The molecule has 1 atom stereocenters. The van der Waals surface area contributed by atoms with Crippen LogP contribution >= 0.6 is 11.8 Å². The van der Waals surface area contributed by atoms with Crippen molar-refractivity contribution in [2.24, 2.45) is 10.9 Å². The Morgan fingerprint density at radius 1 is 1.36 bits per heavy atom. The van der Waals surface area contributed by atoms with Crippen molar-refractivity contribution in [2.45, 2.75) is 32.4 Å². The van der Waals surface area contributed by atoms with E-state index in [4.69, 9.17) is 0 Å². The molecule has 0 unspecified atom stereocenters. The fourth-order valence-corrected chi connectivity index (χ4v) is 2.88. The van der Waals surface area contributed by atoms with Crippen LogP contribution in [0.1, 0.15) is 25.8 Å². The van der Waals surface area contributed by atoms with E-state index in [0.29, 0.717) is 17.6 Å². The van der Waals surface area contributed by atoms with Gasteiger partial charge in [0.1, 0.15) is 5.25 Å². The highest BCUT2D eigenvalue weighted by Crippen LogP contribution is 2.23. The molecule has 1 saturated heterocycles. The summed E-state index contributed by atoms with van der Waals surface area (Å²) >= 11 is 1.33. The van der Waals surface area contributed by atoms with E-state index in [1.54, 1.807) is 0 Å². The molecule has 2 amide bonds. The lowest BCUT2D eigenvalue weighted by Crippen LogP contribution is -2.28. The van der Waals surface area contributed by atoms with Crippen LogP contribution in [0.2, 0.25) is 0 Å². The molecule has 22 heavy (non-hydrogen) atoms. The van der Waals surface area contributed by atoms with Crippen molar-refractivity contribution in [3.05, 3.63) is 29.8 Å². The Labute approximate surface area is 135 Å². The van der Waals surface area contributed by atoms with Gasteiger partial charge in [0.15, 0.2) is 5.17 Å². The maximum Gasteiger partial charge on any atom is 0.240 e. The summed E-state index contributed by atoms with van der Waals surface area (Å²) in [5.74, 6) is 0.127. The van der Waals surface area contributed by atoms with Crippen LogP contribution in [-0.2, 0) is 9.59 Å². The van der Waals surface area contributed by atoms with E-state index in [-0.39, 0.29) is 18.2 Å². The number of amidine groups is 1. The minimum absolute atomic E-state index is 0.144. The summed E-state index contributed by atoms with van der Waals surface area (Å²) in [6.07, 6.45) is 0.144. The molecule has 1 heterocycles. The number of thioether (sulfide) groups is 1. The lowest BCUT2D eigenvalue weighted by Gasteiger charge is -2.07. The third-order valence-corrected chi connectivity index (χ3v) is 4.20. The van der Waals surface area contributed by atoms with E-state index in [9.17, 15) is 9.59 Å². The smallest absolute Gasteiger partial charge is 0.240 e. The van der Waals surface area contributed by atoms with Gasteiger partial charge in [0.2, 0.25) is 11.8 Å². The summed E-state index contributed by atoms with van der Waals surface area (Å²) in [6, 6.07) is 7.57. The van der Waals surface area contributed by atoms with Gasteiger partial charge in [-0.1, -0.05) is 43.3 Å². The van der Waals surface area contributed by atoms with Gasteiger partial charge in [-0.3, -0.25) is 14.6 Å². The topological polar surface area (TPSA) is 70.6 Å². The van der Waals surface area contributed by atoms with Crippen LogP contribution < -0.4 is 10.6 Å². The third kappa shape index (κ3) is 4.87. The number of rotatable bonds is 5. The van der Waals surface area contributed by atoms with Crippen LogP contribution in [0.4, 0.5) is 5.69 Å². The molecule has 0 saturated carbocycles. The number of hydrogen-bond acceptors (Lipinski definition) is 4. The van der Waals surface area contributed by atoms with Crippen LogP contribution in [0.25, 0.3) is 0 Å². The summed E-state index contributed by atoms with van der Waals surface area (Å²) in [7, 11) is 0. The van der Waals surface area contributed by atoms with Crippen LogP contribution in [-0.4, -0.2) is 28.8 Å². The predicted molar refractivity (Wildman–Crippen MR) is 91.1 cm³/mol. The zero-order valence-electron chi connectivity index (χ0n) is 13.1. The van der Waals surface area contributed by atoms with E-state index in [0.717, 1.165) is 11.3 Å². The lowest BCUT2D eigenvalue weighted by atomic mass is 10.2. The Bertz CT molecular complexity index is 582. The Kier molecular flexibility index (Phi) is 5.60. The van der Waals surface area contributed by atoms with E-state index < -0.39 is 5.25 Å². The second kappa shape index (κ2) is 7.45. The first kappa shape index (κ1) is 16.5. The molecule has 5 nitrogen and oxygen atoms in total. The summed E-state index contributed by atoms with van der Waals surface area (Å²) < 4.78 is 0. The van der Waals surface area contributed by atoms with Crippen molar-refractivity contribution in [1.29, 1.82) is 0 Å². The summed E-state index contributed by atoms with van der Waals surface area (Å²) in [5.41, 5.74) is 1.88. The highest BCUT2D eigenvalue weighted by molar-refractivity contribution is 8.15. The number of nitrogens with zero attached hydrogens (tertiary/aromatic N) is 1. The second-order valence-electron chi connectivity index (χ2n) is 5.75. The molecule has 0 aliphatic carbocycles. The minimum Gasteiger partial charge on any atom is -0.326 e. The molecule has 1 aromatic carbocycles. The SMILES string of the molecule is Cc1ccc(NC(=O)C[C@H]2SC(=NCC(C)C)NC2=O)cc1. The first-order chi connectivity index (χ1) is 10.4. The number of amides is 2. The first-order valence-corrected chi connectivity index (χ1v) is 8.20. The molecule has 1 fully saturated rings. The quantitative estimate of drug-likeness (QED) is 0.876. The number of carbonyl (C=O) groups is 2. The van der Waals surface area contributed by atoms with Crippen LogP contribution in [0.5, 0.6) is 0 Å². The summed E-state index contributed by atoms with van der Waals surface area (Å²) in [6.45, 7) is 6.80. The van der Waals surface area contributed by atoms with Gasteiger partial charge in [-0.25, -0.2) is 0 Å². The first-order valence-electron chi connectivity index (χ1n) is 7.32. The van der Waals surface area contributed by atoms with Crippen molar-refractivity contribution >= 4 is 34.4 Å². The van der Waals surface area contributed by atoms with Gasteiger partial charge in [0, 0.05) is 18.7 Å². The normalized spacial score (nSPS) is 19.5. The van der Waals surface area contributed by atoms with Crippen molar-refractivity contribution in [3.63, 3.8) is 0 Å². The number of hydrogen-bond donors (Lipinski definition) is 2. The molecule has 1 aliphatic rings. The van der Waals surface area contributed by atoms with Gasteiger partial charge < -0.3 is 10.6 Å². The average Bonchev–Trinajstić information content (AvgIpc) is 2.79. The van der Waals surface area contributed by atoms with Crippen molar-refractivity contribution in [3.8, 4) is 0 Å². The molecule has 0 bridgehead atoms. The Morgan fingerprint density at radius 3 is 2.68 bits per heavy atom. The van der Waals surface area contributed by atoms with Gasteiger partial charge in [0.05, 0.1) is 0 Å². The van der Waals surface area contributed by atoms with Crippen molar-refractivity contribution in [1.82, 2.24) is 5.32 Å². The van der Waals surface area contributed by atoms with Gasteiger partial charge in [-0.2, -0.15) is 0 Å². The standard InChI is InChI=1S/C16H21N3O2S/c1-10(2)9-17-16-19-15(21)13(22-16)8-14(20)18-12-6-4-11(3)5-7-12/h4-7,10,13H,8-9H2,1-3H3,(H,18,20)(H,17,19,21)/t13-/m1/s1. The molecule has 1 aromatic rings. The van der Waals surface area contributed by atoms with E-state index in [2.05, 4.69) is 29.5 Å². The molecule has 6 heteroatoms. The number of nitrogens with one attached hydrogen (secondary N) is 2. The average molecular weight is 319 g/mol. The predicted octanol–water partition coefficient (Wildman–Crippen LogP) is 2.57. The molecule has 0 radical (unpaired) electrons. The van der Waals surface area contributed by atoms with Crippen molar-refractivity contribution < 1.29 is 9.59 Å². The van der Waals surface area contributed by atoms with Gasteiger partial charge in [-0.05, 0) is 25.0 Å². The molecular weight excluding hydrogens is 298 g/mol. The monoisotopic (exact) mass is 319 g/mol. The molecule has 2 N–H and O–H groups in total. The van der Waals surface area contributed by atoms with Gasteiger partial charge in [0.25, 0.3) is 0 Å². The number of anilines is 1. The molecule has 118 valence electrons. The summed E-state index contributed by atoms with van der Waals surface area (Å²) in [4.78, 5) is 28.2. The highest BCUT2D eigenvalue weighted by atomic mass is 32.2. The lowest BCUT2D eigenvalue weighted by molar-refractivity contribution is -0.122. The van der Waals surface area contributed by atoms with Crippen LogP contribution in [0, 0.1) is 12.8 Å². The second-order valence-corrected chi connectivity index (χ2v) is 6.95. The minimum atomic E-state index is -0.406. The molecule has 1 aliphatic heterocycles. The van der Waals surface area contributed by atoms with E-state index in [1.165, 1.54) is 11.8 Å². The number of carbonyl (C=O) groups excluding carboxylic acids is 2. The van der Waals surface area contributed by atoms with E-state index in [1.807, 2.05) is 31.2 Å². The Hall–Kier alpha value is -1.82. The van der Waals surface area contributed by atoms with Crippen molar-refractivity contribution in [2.75, 3.05) is 11.9 Å². The molecule has 2 rings (SSSR count). The molecule has 0 spiro atoms. The van der Waals surface area contributed by atoms with Crippen LogP contribution in [0.3, 0.4) is 0 Å². The Morgan fingerprint density at radius 2 is 2.05 bits per heavy atom. The number of benzene rings is 1. The summed E-state index contributed by atoms with van der Waals surface area (Å²) in [5, 5.41) is 5.75. The largest absolute Gasteiger partial charge is 0.326 e.